The van der Waals surface area contributed by atoms with Gasteiger partial charge in [0, 0.05) is 10.8 Å². The number of alkyl halides is 3. The Morgan fingerprint density at radius 1 is 0.636 bits per heavy atom. The number of aryl methyl sites for hydroxylation is 4. The molecule has 0 aliphatic carbocycles. The van der Waals surface area contributed by atoms with Crippen LogP contribution in [0.3, 0.4) is 0 Å². The molecule has 0 spiro atoms. The topological polar surface area (TPSA) is 42.3 Å². The van der Waals surface area contributed by atoms with Gasteiger partial charge in [-0.3, -0.25) is 9.59 Å². The van der Waals surface area contributed by atoms with Gasteiger partial charge >= 0.3 is 6.18 Å². The van der Waals surface area contributed by atoms with E-state index in [0.717, 1.165) is 39.0 Å². The van der Waals surface area contributed by atoms with Crippen molar-refractivity contribution in [1.82, 2.24) is 4.57 Å². The van der Waals surface area contributed by atoms with E-state index in [0.29, 0.717) is 44.7 Å². The maximum atomic E-state index is 14.2. The molecule has 2 heterocycles. The molecule has 0 saturated heterocycles. The number of hydrogen-bond donors (Lipinski definition) is 0. The molecule has 0 fully saturated rings. The Labute approximate surface area is 252 Å². The van der Waals surface area contributed by atoms with Crippen LogP contribution in [0, 0.1) is 27.7 Å². The Bertz CT molecular complexity index is 2180. The van der Waals surface area contributed by atoms with E-state index >= 15 is 0 Å². The van der Waals surface area contributed by atoms with Crippen molar-refractivity contribution in [2.75, 3.05) is 4.90 Å². The van der Waals surface area contributed by atoms with Crippen molar-refractivity contribution in [1.29, 1.82) is 0 Å². The number of anilines is 1. The Balaban J connectivity index is 1.50. The number of amides is 2. The molecule has 4 nitrogen and oxygen atoms in total. The number of rotatable bonds is 3. The number of halogens is 3. The minimum atomic E-state index is -4.49. The summed E-state index contributed by atoms with van der Waals surface area (Å²) >= 11 is 0. The zero-order valence-corrected chi connectivity index (χ0v) is 24.5. The molecule has 5 aromatic carbocycles. The number of carbonyl (C=O) groups excluding carboxylic acids is 2. The third kappa shape index (κ3) is 4.07. The molecule has 0 radical (unpaired) electrons. The van der Waals surface area contributed by atoms with Crippen LogP contribution in [0.2, 0.25) is 0 Å². The molecular weight excluding hydrogens is 561 g/mol. The van der Waals surface area contributed by atoms with Crippen LogP contribution in [0.25, 0.3) is 38.6 Å². The van der Waals surface area contributed by atoms with Crippen molar-refractivity contribution in [2.24, 2.45) is 0 Å². The number of para-hydroxylation sites is 1. The number of benzene rings is 5. The lowest BCUT2D eigenvalue weighted by Crippen LogP contribution is -2.31. The van der Waals surface area contributed by atoms with Gasteiger partial charge in [0.15, 0.2) is 0 Å². The summed E-state index contributed by atoms with van der Waals surface area (Å²) in [7, 11) is 0. The summed E-state index contributed by atoms with van der Waals surface area (Å²) in [5, 5.41) is 1.59. The first-order chi connectivity index (χ1) is 21.0. The predicted molar refractivity (Wildman–Crippen MR) is 168 cm³/mol. The molecule has 1 aliphatic rings. The lowest BCUT2D eigenvalue weighted by molar-refractivity contribution is -0.137. The van der Waals surface area contributed by atoms with Gasteiger partial charge in [0.05, 0.1) is 39.1 Å². The first-order valence-electron chi connectivity index (χ1n) is 14.3. The Morgan fingerprint density at radius 3 is 2.00 bits per heavy atom. The number of aromatic nitrogens is 1. The Kier molecular flexibility index (Phi) is 6.08. The molecular formula is C37H27F3N2O2. The molecule has 0 unspecified atom stereocenters. The molecule has 0 N–H and O–H groups in total. The van der Waals surface area contributed by atoms with E-state index in [1.165, 1.54) is 11.0 Å². The lowest BCUT2D eigenvalue weighted by atomic mass is 9.96. The fraction of sp³-hybridized carbons (Fsp3) is 0.135. The second kappa shape index (κ2) is 9.67. The monoisotopic (exact) mass is 588 g/mol. The molecule has 7 rings (SSSR count). The van der Waals surface area contributed by atoms with E-state index in [1.807, 2.05) is 86.0 Å². The number of nitrogens with zero attached hydrogens (tertiary/aromatic N) is 2. The maximum Gasteiger partial charge on any atom is 0.416 e. The van der Waals surface area contributed by atoms with Gasteiger partial charge in [0.25, 0.3) is 11.8 Å². The Morgan fingerprint density at radius 2 is 1.27 bits per heavy atom. The standard InChI is InChI=1S/C37H27F3N2O2/c1-20-15-22(3)34(23(4)16-20)42-35(43)28-11-8-14-31(33(28)36(42)44)41-29-12-6-5-9-27(29)32-26(10-7-13-30(32)41)24-17-21(2)18-25(19-24)37(38,39)40/h5-19H,1-4H3. The van der Waals surface area contributed by atoms with E-state index in [4.69, 9.17) is 0 Å². The minimum Gasteiger partial charge on any atom is -0.308 e. The largest absolute Gasteiger partial charge is 0.416 e. The van der Waals surface area contributed by atoms with E-state index in [-0.39, 0.29) is 5.91 Å². The van der Waals surface area contributed by atoms with Crippen LogP contribution >= 0.6 is 0 Å². The Hall–Kier alpha value is -5.17. The van der Waals surface area contributed by atoms with Gasteiger partial charge in [-0.2, -0.15) is 13.2 Å². The second-order valence-electron chi connectivity index (χ2n) is 11.5. The van der Waals surface area contributed by atoms with Crippen LogP contribution in [0.1, 0.15) is 48.5 Å². The number of imide groups is 1. The smallest absolute Gasteiger partial charge is 0.308 e. The van der Waals surface area contributed by atoms with Gasteiger partial charge < -0.3 is 4.57 Å². The summed E-state index contributed by atoms with van der Waals surface area (Å²) in [6, 6.07) is 26.4. The molecule has 2 amide bonds. The lowest BCUT2D eigenvalue weighted by Gasteiger charge is -2.20. The van der Waals surface area contributed by atoms with Crippen LogP contribution in [0.15, 0.2) is 91.0 Å². The number of carbonyl (C=O) groups is 2. The number of hydrogen-bond acceptors (Lipinski definition) is 2. The van der Waals surface area contributed by atoms with Crippen molar-refractivity contribution in [3.63, 3.8) is 0 Å². The van der Waals surface area contributed by atoms with E-state index in [2.05, 4.69) is 0 Å². The third-order valence-electron chi connectivity index (χ3n) is 8.41. The van der Waals surface area contributed by atoms with Gasteiger partial charge in [-0.25, -0.2) is 4.90 Å². The van der Waals surface area contributed by atoms with Gasteiger partial charge in [-0.15, -0.1) is 0 Å². The SMILES string of the molecule is Cc1cc(-c2cccc3c2c2ccccc2n3-c2cccc3c2C(=O)N(c2c(C)cc(C)cc2C)C3=O)cc(C(F)(F)F)c1. The number of fused-ring (bicyclic) bond motifs is 4. The fourth-order valence-electron chi connectivity index (χ4n) is 6.80. The average molecular weight is 589 g/mol. The molecule has 0 bridgehead atoms. The highest BCUT2D eigenvalue weighted by Crippen LogP contribution is 2.43. The third-order valence-corrected chi connectivity index (χ3v) is 8.41. The molecule has 0 saturated carbocycles. The van der Waals surface area contributed by atoms with Crippen molar-refractivity contribution in [3.05, 3.63) is 130 Å². The minimum absolute atomic E-state index is 0.292. The molecule has 1 aromatic heterocycles. The van der Waals surface area contributed by atoms with Gasteiger partial charge in [0.2, 0.25) is 0 Å². The summed E-state index contributed by atoms with van der Waals surface area (Å²) in [6.45, 7) is 7.41. The summed E-state index contributed by atoms with van der Waals surface area (Å²) < 4.78 is 43.4. The first-order valence-corrected chi connectivity index (χ1v) is 14.3. The van der Waals surface area contributed by atoms with E-state index in [9.17, 15) is 22.8 Å². The summed E-state index contributed by atoms with van der Waals surface area (Å²) in [5.41, 5.74) is 6.80. The van der Waals surface area contributed by atoms with Gasteiger partial charge in [-0.05, 0) is 91.9 Å². The van der Waals surface area contributed by atoms with Crippen LogP contribution in [-0.4, -0.2) is 16.4 Å². The quantitative estimate of drug-likeness (QED) is 0.193. The highest BCUT2D eigenvalue weighted by Gasteiger charge is 2.40. The van der Waals surface area contributed by atoms with Gasteiger partial charge in [0.1, 0.15) is 0 Å². The first kappa shape index (κ1) is 27.7. The van der Waals surface area contributed by atoms with Crippen LogP contribution < -0.4 is 4.90 Å². The van der Waals surface area contributed by atoms with Crippen molar-refractivity contribution in [2.45, 2.75) is 33.9 Å². The second-order valence-corrected chi connectivity index (χ2v) is 11.5. The summed E-state index contributed by atoms with van der Waals surface area (Å²) in [5.74, 6) is -0.797. The van der Waals surface area contributed by atoms with E-state index < -0.39 is 17.6 Å². The highest BCUT2D eigenvalue weighted by molar-refractivity contribution is 6.36. The zero-order chi connectivity index (χ0) is 31.1. The molecule has 44 heavy (non-hydrogen) atoms. The predicted octanol–water partition coefficient (Wildman–Crippen LogP) is 9.50. The van der Waals surface area contributed by atoms with Crippen molar-refractivity contribution < 1.29 is 22.8 Å². The maximum absolute atomic E-state index is 14.2. The van der Waals surface area contributed by atoms with Crippen LogP contribution in [0.4, 0.5) is 18.9 Å². The molecule has 0 atom stereocenters. The van der Waals surface area contributed by atoms with Crippen LogP contribution in [-0.2, 0) is 6.18 Å². The van der Waals surface area contributed by atoms with Crippen molar-refractivity contribution in [3.8, 4) is 16.8 Å². The fourth-order valence-corrected chi connectivity index (χ4v) is 6.80. The molecule has 218 valence electrons. The van der Waals surface area contributed by atoms with Gasteiger partial charge in [-0.1, -0.05) is 60.2 Å². The molecule has 7 heteroatoms. The van der Waals surface area contributed by atoms with E-state index in [1.54, 1.807) is 25.1 Å². The molecule has 1 aliphatic heterocycles. The zero-order valence-electron chi connectivity index (χ0n) is 24.5. The van der Waals surface area contributed by atoms with Crippen molar-refractivity contribution >= 4 is 39.3 Å². The highest BCUT2D eigenvalue weighted by atomic mass is 19.4. The average Bonchev–Trinajstić information content (AvgIpc) is 3.43. The normalized spacial score (nSPS) is 13.4. The van der Waals surface area contributed by atoms with Crippen LogP contribution in [0.5, 0.6) is 0 Å². The summed E-state index contributed by atoms with van der Waals surface area (Å²) in [4.78, 5) is 29.3. The summed E-state index contributed by atoms with van der Waals surface area (Å²) in [6.07, 6.45) is -4.49. The molecule has 6 aromatic rings.